The van der Waals surface area contributed by atoms with Gasteiger partial charge in [0.15, 0.2) is 0 Å². The number of aliphatic hydroxyl groups excluding tert-OH is 1. The highest BCUT2D eigenvalue weighted by Gasteiger charge is 2.26. The number of H-pyrrole nitrogens is 1. The number of unbranched alkanes of at least 4 members (excludes halogenated alkanes) is 10. The van der Waals surface area contributed by atoms with Gasteiger partial charge in [-0.3, -0.25) is 9.59 Å². The van der Waals surface area contributed by atoms with Crippen LogP contribution in [0, 0.1) is 0 Å². The number of hydrogen-bond donors (Lipinski definition) is 4. The topological polar surface area (TPSA) is 94.2 Å². The molecule has 1 aromatic heterocycles. The van der Waals surface area contributed by atoms with E-state index in [1.54, 1.807) is 24.3 Å². The van der Waals surface area contributed by atoms with Crippen LogP contribution in [0.4, 0.5) is 0 Å². The lowest BCUT2D eigenvalue weighted by atomic mass is 10.1. The fraction of sp³-hybridized carbons (Fsp3) is 0.615. The Morgan fingerprint density at radius 3 is 2.18 bits per heavy atom. The fourth-order valence-corrected chi connectivity index (χ4v) is 4.14. The van der Waals surface area contributed by atoms with Crippen molar-refractivity contribution >= 4 is 34.3 Å². The summed E-state index contributed by atoms with van der Waals surface area (Å²) in [6.45, 7) is 4.28. The molecule has 184 valence electrons. The Labute approximate surface area is 202 Å². The van der Waals surface area contributed by atoms with Crippen LogP contribution in [-0.4, -0.2) is 40.6 Å². The van der Waals surface area contributed by atoms with Gasteiger partial charge in [0.2, 0.25) is 5.91 Å². The summed E-state index contributed by atoms with van der Waals surface area (Å²) in [6.07, 6.45) is 12.7. The molecule has 6 nitrogen and oxygen atoms in total. The predicted octanol–water partition coefficient (Wildman–Crippen LogP) is 5.73. The molecule has 0 unspecified atom stereocenters. The van der Waals surface area contributed by atoms with Crippen LogP contribution < -0.4 is 10.6 Å². The van der Waals surface area contributed by atoms with E-state index < -0.39 is 18.1 Å². The Bertz CT molecular complexity index is 866. The number of aliphatic hydroxyl groups is 1. The zero-order valence-corrected chi connectivity index (χ0v) is 20.8. The van der Waals surface area contributed by atoms with Crippen LogP contribution in [0.25, 0.3) is 10.9 Å². The third-order valence-corrected chi connectivity index (χ3v) is 6.19. The van der Waals surface area contributed by atoms with E-state index in [-0.39, 0.29) is 5.91 Å². The molecule has 0 bridgehead atoms. The van der Waals surface area contributed by atoms with E-state index in [0.29, 0.717) is 17.3 Å². The monoisotopic (exact) mass is 477 g/mol. The standard InChI is InChI=1S/C26H40ClN3O3/c1-3-4-5-6-7-8-9-10-11-12-13-16-28-26(33)24(19(2)31)30-25(32)23-18-20-17-21(27)14-15-22(20)29-23/h14-15,17-19,24,29,31H,3-13,16H2,1-2H3,(H,28,33)(H,30,32)/t19-,24+/m1/s1. The molecular weight excluding hydrogens is 438 g/mol. The smallest absolute Gasteiger partial charge is 0.268 e. The number of benzene rings is 1. The first-order valence-electron chi connectivity index (χ1n) is 12.5. The molecule has 0 aliphatic heterocycles. The number of aromatic nitrogens is 1. The second-order valence-electron chi connectivity index (χ2n) is 8.93. The molecule has 0 fully saturated rings. The summed E-state index contributed by atoms with van der Waals surface area (Å²) >= 11 is 6.00. The summed E-state index contributed by atoms with van der Waals surface area (Å²) in [5.74, 6) is -0.817. The molecule has 4 N–H and O–H groups in total. The van der Waals surface area contributed by atoms with Gasteiger partial charge in [0, 0.05) is 22.5 Å². The molecule has 2 aromatic rings. The van der Waals surface area contributed by atoms with Gasteiger partial charge in [-0.15, -0.1) is 0 Å². The van der Waals surface area contributed by atoms with Crippen molar-refractivity contribution in [2.24, 2.45) is 0 Å². The molecule has 1 aromatic carbocycles. The van der Waals surface area contributed by atoms with Crippen molar-refractivity contribution in [1.29, 1.82) is 0 Å². The molecule has 0 spiro atoms. The number of halogens is 1. The quantitative estimate of drug-likeness (QED) is 0.232. The number of rotatable bonds is 16. The molecule has 7 heteroatoms. The third-order valence-electron chi connectivity index (χ3n) is 5.96. The van der Waals surface area contributed by atoms with Crippen molar-refractivity contribution in [1.82, 2.24) is 15.6 Å². The molecule has 0 saturated heterocycles. The lowest BCUT2D eigenvalue weighted by Gasteiger charge is -2.20. The minimum absolute atomic E-state index is 0.316. The average molecular weight is 478 g/mol. The summed E-state index contributed by atoms with van der Waals surface area (Å²) in [4.78, 5) is 28.2. The van der Waals surface area contributed by atoms with Crippen LogP contribution in [0.5, 0.6) is 0 Å². The minimum atomic E-state index is -1.01. The predicted molar refractivity (Wildman–Crippen MR) is 136 cm³/mol. The first-order valence-corrected chi connectivity index (χ1v) is 12.8. The molecule has 2 amide bonds. The van der Waals surface area contributed by atoms with Gasteiger partial charge in [0.05, 0.1) is 6.10 Å². The normalized spacial score (nSPS) is 13.1. The molecule has 0 aliphatic carbocycles. The molecule has 2 rings (SSSR count). The lowest BCUT2D eigenvalue weighted by Crippen LogP contribution is -2.52. The van der Waals surface area contributed by atoms with Gasteiger partial charge in [0.1, 0.15) is 11.7 Å². The summed E-state index contributed by atoms with van der Waals surface area (Å²) < 4.78 is 0. The summed E-state index contributed by atoms with van der Waals surface area (Å²) in [5.41, 5.74) is 1.09. The van der Waals surface area contributed by atoms with Crippen molar-refractivity contribution in [3.05, 3.63) is 35.0 Å². The Kier molecular flexibility index (Phi) is 12.3. The van der Waals surface area contributed by atoms with Gasteiger partial charge < -0.3 is 20.7 Å². The number of fused-ring (bicyclic) bond motifs is 1. The van der Waals surface area contributed by atoms with E-state index in [9.17, 15) is 14.7 Å². The lowest BCUT2D eigenvalue weighted by molar-refractivity contribution is -0.125. The number of carbonyl (C=O) groups excluding carboxylic acids is 2. The maximum atomic E-state index is 12.6. The summed E-state index contributed by atoms with van der Waals surface area (Å²) in [7, 11) is 0. The van der Waals surface area contributed by atoms with E-state index >= 15 is 0 Å². The van der Waals surface area contributed by atoms with Gasteiger partial charge in [0.25, 0.3) is 5.91 Å². The largest absolute Gasteiger partial charge is 0.391 e. The average Bonchev–Trinajstić information content (AvgIpc) is 3.21. The number of hydrogen-bond acceptors (Lipinski definition) is 3. The highest BCUT2D eigenvalue weighted by atomic mass is 35.5. The summed E-state index contributed by atoms with van der Waals surface area (Å²) in [6, 6.07) is 5.96. The van der Waals surface area contributed by atoms with Crippen LogP contribution in [0.2, 0.25) is 5.02 Å². The van der Waals surface area contributed by atoms with E-state index in [2.05, 4.69) is 22.5 Å². The number of amides is 2. The maximum absolute atomic E-state index is 12.6. The fourth-order valence-electron chi connectivity index (χ4n) is 3.96. The highest BCUT2D eigenvalue weighted by molar-refractivity contribution is 6.31. The zero-order chi connectivity index (χ0) is 24.1. The van der Waals surface area contributed by atoms with Gasteiger partial charge in [-0.1, -0.05) is 82.7 Å². The Morgan fingerprint density at radius 2 is 1.58 bits per heavy atom. The number of aromatic amines is 1. The zero-order valence-electron chi connectivity index (χ0n) is 20.1. The Hall–Kier alpha value is -2.05. The number of nitrogens with one attached hydrogen (secondary N) is 3. The third kappa shape index (κ3) is 9.76. The molecule has 0 aliphatic rings. The van der Waals surface area contributed by atoms with E-state index in [1.807, 2.05) is 0 Å². The van der Waals surface area contributed by atoms with Crippen molar-refractivity contribution in [3.63, 3.8) is 0 Å². The summed E-state index contributed by atoms with van der Waals surface area (Å²) in [5, 5.41) is 16.9. The first kappa shape index (κ1) is 27.2. The van der Waals surface area contributed by atoms with Crippen molar-refractivity contribution in [3.8, 4) is 0 Å². The molecule has 0 radical (unpaired) electrons. The van der Waals surface area contributed by atoms with Crippen molar-refractivity contribution < 1.29 is 14.7 Å². The Morgan fingerprint density at radius 1 is 0.970 bits per heavy atom. The molecular formula is C26H40ClN3O3. The number of carbonyl (C=O) groups is 2. The van der Waals surface area contributed by atoms with Crippen molar-refractivity contribution in [2.75, 3.05) is 6.54 Å². The minimum Gasteiger partial charge on any atom is -0.391 e. The van der Waals surface area contributed by atoms with Crippen molar-refractivity contribution in [2.45, 2.75) is 96.6 Å². The highest BCUT2D eigenvalue weighted by Crippen LogP contribution is 2.20. The van der Waals surface area contributed by atoms with Crippen LogP contribution in [0.1, 0.15) is 95.0 Å². The molecule has 33 heavy (non-hydrogen) atoms. The van der Waals surface area contributed by atoms with E-state index in [0.717, 1.165) is 23.7 Å². The maximum Gasteiger partial charge on any atom is 0.268 e. The van der Waals surface area contributed by atoms with E-state index in [4.69, 9.17) is 11.6 Å². The van der Waals surface area contributed by atoms with Gasteiger partial charge >= 0.3 is 0 Å². The second-order valence-corrected chi connectivity index (χ2v) is 9.37. The SMILES string of the molecule is CCCCCCCCCCCCCNC(=O)[C@@H](NC(=O)c1cc2cc(Cl)ccc2[nH]1)[C@@H](C)O. The molecule has 2 atom stereocenters. The van der Waals surface area contributed by atoms with Crippen LogP contribution in [0.3, 0.4) is 0 Å². The second kappa shape index (κ2) is 15.0. The van der Waals surface area contributed by atoms with Crippen LogP contribution in [-0.2, 0) is 4.79 Å². The molecule has 1 heterocycles. The first-order chi connectivity index (χ1) is 15.9. The van der Waals surface area contributed by atoms with Crippen LogP contribution in [0.15, 0.2) is 24.3 Å². The van der Waals surface area contributed by atoms with Crippen LogP contribution >= 0.6 is 11.6 Å². The molecule has 0 saturated carbocycles. The Balaban J connectivity index is 1.66. The van der Waals surface area contributed by atoms with E-state index in [1.165, 1.54) is 64.7 Å². The van der Waals surface area contributed by atoms with Gasteiger partial charge in [-0.25, -0.2) is 0 Å². The van der Waals surface area contributed by atoms with Gasteiger partial charge in [-0.2, -0.15) is 0 Å². The van der Waals surface area contributed by atoms with Gasteiger partial charge in [-0.05, 0) is 37.6 Å².